The third-order valence-electron chi connectivity index (χ3n) is 3.74. The Labute approximate surface area is 123 Å². The normalized spacial score (nSPS) is 19.2. The van der Waals surface area contributed by atoms with Crippen molar-refractivity contribution in [2.75, 3.05) is 18.4 Å². The van der Waals surface area contributed by atoms with Crippen molar-refractivity contribution in [2.45, 2.75) is 32.2 Å². The molecule has 21 heavy (non-hydrogen) atoms. The van der Waals surface area contributed by atoms with E-state index in [-0.39, 0.29) is 24.3 Å². The summed E-state index contributed by atoms with van der Waals surface area (Å²) in [5.74, 6) is -1.03. The molecule has 0 bridgehead atoms. The summed E-state index contributed by atoms with van der Waals surface area (Å²) in [6.45, 7) is 2.42. The Hall–Kier alpha value is -1.95. The first-order valence-electron chi connectivity index (χ1n) is 7.07. The maximum atomic E-state index is 13.4. The minimum atomic E-state index is -0.399. The summed E-state index contributed by atoms with van der Waals surface area (Å²) < 4.78 is 13.4. The molecule has 1 saturated heterocycles. The van der Waals surface area contributed by atoms with Gasteiger partial charge in [-0.15, -0.1) is 0 Å². The van der Waals surface area contributed by atoms with E-state index >= 15 is 0 Å². The van der Waals surface area contributed by atoms with Gasteiger partial charge in [0.1, 0.15) is 5.82 Å². The van der Waals surface area contributed by atoms with Crippen molar-refractivity contribution in [1.29, 1.82) is 0 Å². The average Bonchev–Trinajstić information content (AvgIpc) is 2.43. The number of nitrogens with one attached hydrogen (secondary N) is 1. The quantitative estimate of drug-likeness (QED) is 0.881. The van der Waals surface area contributed by atoms with Gasteiger partial charge in [0.05, 0.1) is 12.6 Å². The van der Waals surface area contributed by atoms with Crippen LogP contribution in [0.5, 0.6) is 0 Å². The van der Waals surface area contributed by atoms with Gasteiger partial charge < -0.3 is 11.1 Å². The third kappa shape index (κ3) is 4.01. The molecule has 1 aromatic rings. The summed E-state index contributed by atoms with van der Waals surface area (Å²) >= 11 is 0. The summed E-state index contributed by atoms with van der Waals surface area (Å²) in [4.78, 5) is 25.2. The number of nitrogens with zero attached hydrogens (tertiary/aromatic N) is 1. The number of carbonyl (C=O) groups excluding carboxylic acids is 2. The van der Waals surface area contributed by atoms with Crippen LogP contribution < -0.4 is 11.1 Å². The van der Waals surface area contributed by atoms with Crippen LogP contribution in [-0.4, -0.2) is 35.8 Å². The van der Waals surface area contributed by atoms with Crippen molar-refractivity contribution in [2.24, 2.45) is 5.73 Å². The fourth-order valence-electron chi connectivity index (χ4n) is 2.56. The van der Waals surface area contributed by atoms with Crippen LogP contribution in [-0.2, 0) is 9.59 Å². The highest BCUT2D eigenvalue weighted by molar-refractivity contribution is 5.92. The first-order valence-corrected chi connectivity index (χ1v) is 7.07. The number of hydrogen-bond donors (Lipinski definition) is 2. The second-order valence-electron chi connectivity index (χ2n) is 5.40. The highest BCUT2D eigenvalue weighted by atomic mass is 19.1. The minimum absolute atomic E-state index is 0.0864. The van der Waals surface area contributed by atoms with Gasteiger partial charge in [0.25, 0.3) is 0 Å². The predicted octanol–water partition coefficient (Wildman–Crippen LogP) is 1.41. The lowest BCUT2D eigenvalue weighted by Crippen LogP contribution is -2.50. The fraction of sp³-hybridized carbons (Fsp3) is 0.467. The molecule has 0 spiro atoms. The number of hydrogen-bond acceptors (Lipinski definition) is 3. The van der Waals surface area contributed by atoms with E-state index in [2.05, 4.69) is 5.32 Å². The van der Waals surface area contributed by atoms with Crippen LogP contribution in [0, 0.1) is 12.7 Å². The Morgan fingerprint density at radius 1 is 1.43 bits per heavy atom. The number of primary amides is 1. The number of aryl methyl sites for hydroxylation is 1. The van der Waals surface area contributed by atoms with Gasteiger partial charge in [0, 0.05) is 5.69 Å². The van der Waals surface area contributed by atoms with Crippen LogP contribution in [0.3, 0.4) is 0 Å². The topological polar surface area (TPSA) is 75.4 Å². The van der Waals surface area contributed by atoms with Gasteiger partial charge in [-0.25, -0.2) is 4.39 Å². The number of anilines is 1. The second-order valence-corrected chi connectivity index (χ2v) is 5.40. The molecule has 6 heteroatoms. The smallest absolute Gasteiger partial charge is 0.238 e. The van der Waals surface area contributed by atoms with Crippen LogP contribution >= 0.6 is 0 Å². The number of piperidine rings is 1. The molecule has 1 fully saturated rings. The molecule has 1 heterocycles. The summed E-state index contributed by atoms with van der Waals surface area (Å²) in [6.07, 6.45) is 2.56. The van der Waals surface area contributed by atoms with Crippen LogP contribution in [0.15, 0.2) is 18.2 Å². The van der Waals surface area contributed by atoms with Crippen molar-refractivity contribution in [3.63, 3.8) is 0 Å². The Balaban J connectivity index is 1.97. The third-order valence-corrected chi connectivity index (χ3v) is 3.74. The number of carbonyl (C=O) groups is 2. The molecule has 1 atom stereocenters. The molecule has 2 rings (SSSR count). The molecule has 2 amide bonds. The van der Waals surface area contributed by atoms with E-state index in [9.17, 15) is 14.0 Å². The maximum absolute atomic E-state index is 13.4. The zero-order chi connectivity index (χ0) is 15.4. The first-order chi connectivity index (χ1) is 9.97. The Morgan fingerprint density at radius 2 is 2.19 bits per heavy atom. The number of likely N-dealkylation sites (tertiary alicyclic amines) is 1. The molecule has 0 aliphatic carbocycles. The lowest BCUT2D eigenvalue weighted by Gasteiger charge is -2.32. The van der Waals surface area contributed by atoms with Crippen molar-refractivity contribution >= 4 is 17.5 Å². The van der Waals surface area contributed by atoms with E-state index in [1.54, 1.807) is 24.0 Å². The number of amides is 2. The summed E-state index contributed by atoms with van der Waals surface area (Å²) in [5, 5.41) is 2.64. The van der Waals surface area contributed by atoms with Crippen molar-refractivity contribution in [1.82, 2.24) is 4.90 Å². The highest BCUT2D eigenvalue weighted by Gasteiger charge is 2.28. The molecule has 3 N–H and O–H groups in total. The van der Waals surface area contributed by atoms with Crippen LogP contribution in [0.25, 0.3) is 0 Å². The first kappa shape index (κ1) is 15.4. The summed E-state index contributed by atoms with van der Waals surface area (Å²) in [6, 6.07) is 4.16. The van der Waals surface area contributed by atoms with E-state index in [1.165, 1.54) is 6.07 Å². The van der Waals surface area contributed by atoms with E-state index in [0.717, 1.165) is 12.8 Å². The fourth-order valence-corrected chi connectivity index (χ4v) is 2.56. The molecule has 1 aromatic carbocycles. The number of benzene rings is 1. The molecular formula is C15H20FN3O2. The predicted molar refractivity (Wildman–Crippen MR) is 78.2 cm³/mol. The second kappa shape index (κ2) is 6.67. The van der Waals surface area contributed by atoms with Crippen molar-refractivity contribution in [3.8, 4) is 0 Å². The lowest BCUT2D eigenvalue weighted by atomic mass is 10.0. The molecule has 0 radical (unpaired) electrons. The molecule has 1 aliphatic rings. The highest BCUT2D eigenvalue weighted by Crippen LogP contribution is 2.17. The van der Waals surface area contributed by atoms with E-state index in [4.69, 9.17) is 5.73 Å². The van der Waals surface area contributed by atoms with Gasteiger partial charge in [-0.2, -0.15) is 0 Å². The van der Waals surface area contributed by atoms with E-state index in [0.29, 0.717) is 24.2 Å². The molecule has 5 nitrogen and oxygen atoms in total. The van der Waals surface area contributed by atoms with E-state index < -0.39 is 5.91 Å². The zero-order valence-electron chi connectivity index (χ0n) is 12.1. The molecule has 1 aliphatic heterocycles. The monoisotopic (exact) mass is 293 g/mol. The van der Waals surface area contributed by atoms with Gasteiger partial charge in [0.15, 0.2) is 0 Å². The van der Waals surface area contributed by atoms with Gasteiger partial charge >= 0.3 is 0 Å². The molecular weight excluding hydrogens is 273 g/mol. The largest absolute Gasteiger partial charge is 0.368 e. The number of nitrogens with two attached hydrogens (primary N) is 1. The molecule has 0 unspecified atom stereocenters. The Bertz CT molecular complexity index is 548. The van der Waals surface area contributed by atoms with Crippen molar-refractivity contribution < 1.29 is 14.0 Å². The van der Waals surface area contributed by atoms with Gasteiger partial charge in [0.2, 0.25) is 11.8 Å². The Kier molecular flexibility index (Phi) is 4.90. The standard InChI is InChI=1S/C15H20FN3O2/c1-10-5-6-11(8-12(10)16)18-14(20)9-19-7-3-2-4-13(19)15(17)21/h5-6,8,13H,2-4,7,9H2,1H3,(H2,17,21)(H,18,20)/t13-/m1/s1. The van der Waals surface area contributed by atoms with Crippen LogP contribution in [0.1, 0.15) is 24.8 Å². The minimum Gasteiger partial charge on any atom is -0.368 e. The zero-order valence-corrected chi connectivity index (χ0v) is 12.1. The molecule has 114 valence electrons. The van der Waals surface area contributed by atoms with Gasteiger partial charge in [-0.05, 0) is 44.0 Å². The van der Waals surface area contributed by atoms with Crippen LogP contribution in [0.2, 0.25) is 0 Å². The van der Waals surface area contributed by atoms with E-state index in [1.807, 2.05) is 0 Å². The average molecular weight is 293 g/mol. The lowest BCUT2D eigenvalue weighted by molar-refractivity contribution is -0.126. The molecule has 0 saturated carbocycles. The summed E-state index contributed by atoms with van der Waals surface area (Å²) in [5.41, 5.74) is 6.30. The maximum Gasteiger partial charge on any atom is 0.238 e. The number of rotatable bonds is 4. The summed E-state index contributed by atoms with van der Waals surface area (Å²) in [7, 11) is 0. The SMILES string of the molecule is Cc1ccc(NC(=O)CN2CCCC[C@@H]2C(N)=O)cc1F. The van der Waals surface area contributed by atoms with Crippen LogP contribution in [0.4, 0.5) is 10.1 Å². The Morgan fingerprint density at radius 3 is 2.86 bits per heavy atom. The number of halogens is 1. The van der Waals surface area contributed by atoms with Gasteiger partial charge in [-0.3, -0.25) is 14.5 Å². The van der Waals surface area contributed by atoms with Gasteiger partial charge in [-0.1, -0.05) is 12.5 Å². The molecule has 0 aromatic heterocycles. The van der Waals surface area contributed by atoms with Crippen molar-refractivity contribution in [3.05, 3.63) is 29.6 Å².